The molecule has 1 aromatic heterocycles. The summed E-state index contributed by atoms with van der Waals surface area (Å²) in [4.78, 5) is 9.43. The van der Waals surface area contributed by atoms with Gasteiger partial charge in [-0.25, -0.2) is 9.97 Å². The van der Waals surface area contributed by atoms with Crippen molar-refractivity contribution in [2.75, 3.05) is 31.7 Å². The van der Waals surface area contributed by atoms with Crippen molar-refractivity contribution in [3.8, 4) is 11.4 Å². The van der Waals surface area contributed by atoms with E-state index in [1.165, 1.54) is 0 Å². The van der Waals surface area contributed by atoms with E-state index >= 15 is 0 Å². The Morgan fingerprint density at radius 1 is 0.958 bits per heavy atom. The van der Waals surface area contributed by atoms with Crippen LogP contribution in [0.5, 0.6) is 0 Å². The molecule has 0 radical (unpaired) electrons. The summed E-state index contributed by atoms with van der Waals surface area (Å²) in [5.74, 6) is 1.55. The molecule has 1 aliphatic rings. The Balaban J connectivity index is 1.67. The molecule has 5 heteroatoms. The van der Waals surface area contributed by atoms with Gasteiger partial charge in [0, 0.05) is 17.5 Å². The minimum atomic E-state index is 0.0488. The van der Waals surface area contributed by atoms with E-state index in [2.05, 4.69) is 5.32 Å². The van der Waals surface area contributed by atoms with Gasteiger partial charge >= 0.3 is 0 Å². The number of benzene rings is 2. The lowest BCUT2D eigenvalue weighted by molar-refractivity contribution is -0.0819. The lowest BCUT2D eigenvalue weighted by Gasteiger charge is -2.23. The van der Waals surface area contributed by atoms with Crippen molar-refractivity contribution in [1.29, 1.82) is 0 Å². The Hall–Kier alpha value is -2.50. The standard InChI is InChI=1S/C19H19N3O2/c1-2-6-14(7-3-1)18-21-17-9-5-4-8-16(17)19(22-18)20-12-15-13-23-10-11-24-15/h1-9,15H,10-13H2,(H,20,21,22)/t15-/m1/s1. The van der Waals surface area contributed by atoms with Crippen LogP contribution >= 0.6 is 0 Å². The molecule has 4 rings (SSSR count). The highest BCUT2D eigenvalue weighted by Gasteiger charge is 2.15. The maximum absolute atomic E-state index is 5.70. The Bertz CT molecular complexity index is 817. The number of fused-ring (bicyclic) bond motifs is 1. The topological polar surface area (TPSA) is 56.3 Å². The molecule has 0 aliphatic carbocycles. The van der Waals surface area contributed by atoms with E-state index in [4.69, 9.17) is 19.4 Å². The number of hydrogen-bond donors (Lipinski definition) is 1. The van der Waals surface area contributed by atoms with Gasteiger partial charge in [0.15, 0.2) is 5.82 Å². The predicted octanol–water partition coefficient (Wildman–Crippen LogP) is 3.12. The van der Waals surface area contributed by atoms with Gasteiger partial charge in [-0.05, 0) is 12.1 Å². The molecular weight excluding hydrogens is 302 g/mol. The number of hydrogen-bond acceptors (Lipinski definition) is 5. The smallest absolute Gasteiger partial charge is 0.162 e. The quantitative estimate of drug-likeness (QED) is 0.800. The SMILES string of the molecule is c1ccc(-c2nc(NC[C@@H]3COCCO3)c3ccccc3n2)cc1. The molecule has 1 N–H and O–H groups in total. The third-order valence-electron chi connectivity index (χ3n) is 4.02. The van der Waals surface area contributed by atoms with Crippen LogP contribution in [0.2, 0.25) is 0 Å². The zero-order valence-electron chi connectivity index (χ0n) is 13.3. The lowest BCUT2D eigenvalue weighted by Crippen LogP contribution is -2.34. The molecule has 5 nitrogen and oxygen atoms in total. The fourth-order valence-electron chi connectivity index (χ4n) is 2.79. The van der Waals surface area contributed by atoms with E-state index < -0.39 is 0 Å². The van der Waals surface area contributed by atoms with Crippen LogP contribution in [0.1, 0.15) is 0 Å². The average molecular weight is 321 g/mol. The van der Waals surface area contributed by atoms with E-state index in [0.717, 1.165) is 28.1 Å². The molecule has 1 fully saturated rings. The van der Waals surface area contributed by atoms with E-state index in [0.29, 0.717) is 26.4 Å². The van der Waals surface area contributed by atoms with Gasteiger partial charge in [0.1, 0.15) is 5.82 Å². The van der Waals surface area contributed by atoms with Crippen LogP contribution in [0, 0.1) is 0 Å². The summed E-state index contributed by atoms with van der Waals surface area (Å²) in [6.45, 7) is 2.59. The largest absolute Gasteiger partial charge is 0.376 e. The molecule has 122 valence electrons. The minimum Gasteiger partial charge on any atom is -0.376 e. The molecule has 2 aromatic carbocycles. The normalized spacial score (nSPS) is 17.8. The molecule has 1 aliphatic heterocycles. The lowest BCUT2D eigenvalue weighted by atomic mass is 10.2. The van der Waals surface area contributed by atoms with Gasteiger partial charge in [0.25, 0.3) is 0 Å². The van der Waals surface area contributed by atoms with Gasteiger partial charge < -0.3 is 14.8 Å². The maximum atomic E-state index is 5.70. The molecule has 24 heavy (non-hydrogen) atoms. The van der Waals surface area contributed by atoms with Crippen LogP contribution < -0.4 is 5.32 Å². The number of nitrogens with zero attached hydrogens (tertiary/aromatic N) is 2. The van der Waals surface area contributed by atoms with Crippen molar-refractivity contribution in [3.63, 3.8) is 0 Å². The summed E-state index contributed by atoms with van der Waals surface area (Å²) in [5.41, 5.74) is 1.93. The zero-order chi connectivity index (χ0) is 16.2. The number of rotatable bonds is 4. The molecule has 3 aromatic rings. The van der Waals surface area contributed by atoms with Crippen LogP contribution in [-0.2, 0) is 9.47 Å². The van der Waals surface area contributed by atoms with Crippen LogP contribution in [0.3, 0.4) is 0 Å². The van der Waals surface area contributed by atoms with Crippen molar-refractivity contribution in [2.24, 2.45) is 0 Å². The highest BCUT2D eigenvalue weighted by Crippen LogP contribution is 2.24. The van der Waals surface area contributed by atoms with Gasteiger partial charge in [-0.3, -0.25) is 0 Å². The van der Waals surface area contributed by atoms with Crippen LogP contribution in [0.25, 0.3) is 22.3 Å². The second-order valence-electron chi connectivity index (χ2n) is 5.73. The summed E-state index contributed by atoms with van der Waals surface area (Å²) in [6, 6.07) is 18.1. The third kappa shape index (κ3) is 3.22. The van der Waals surface area contributed by atoms with Crippen LogP contribution in [0.4, 0.5) is 5.82 Å². The van der Waals surface area contributed by atoms with Gasteiger partial charge in [0.05, 0.1) is 31.4 Å². The maximum Gasteiger partial charge on any atom is 0.162 e. The van der Waals surface area contributed by atoms with Crippen molar-refractivity contribution < 1.29 is 9.47 Å². The molecule has 0 bridgehead atoms. The van der Waals surface area contributed by atoms with Gasteiger partial charge in [-0.1, -0.05) is 42.5 Å². The van der Waals surface area contributed by atoms with E-state index in [9.17, 15) is 0 Å². The highest BCUT2D eigenvalue weighted by molar-refractivity contribution is 5.90. The molecule has 1 atom stereocenters. The first-order valence-corrected chi connectivity index (χ1v) is 8.15. The molecule has 0 amide bonds. The highest BCUT2D eigenvalue weighted by atomic mass is 16.6. The second-order valence-corrected chi connectivity index (χ2v) is 5.73. The fourth-order valence-corrected chi connectivity index (χ4v) is 2.79. The Kier molecular flexibility index (Phi) is 4.36. The van der Waals surface area contributed by atoms with Crippen molar-refractivity contribution >= 4 is 16.7 Å². The molecule has 0 unspecified atom stereocenters. The molecule has 1 saturated heterocycles. The summed E-state index contributed by atoms with van der Waals surface area (Å²) < 4.78 is 11.1. The van der Waals surface area contributed by atoms with Gasteiger partial charge in [-0.2, -0.15) is 0 Å². The number of anilines is 1. The summed E-state index contributed by atoms with van der Waals surface area (Å²) in [6.07, 6.45) is 0.0488. The van der Waals surface area contributed by atoms with E-state index in [-0.39, 0.29) is 6.10 Å². The number of aromatic nitrogens is 2. The minimum absolute atomic E-state index is 0.0488. The Morgan fingerprint density at radius 3 is 2.62 bits per heavy atom. The third-order valence-corrected chi connectivity index (χ3v) is 4.02. The van der Waals surface area contributed by atoms with Crippen LogP contribution in [0.15, 0.2) is 54.6 Å². The number of ether oxygens (including phenoxy) is 2. The zero-order valence-corrected chi connectivity index (χ0v) is 13.3. The first kappa shape index (κ1) is 15.1. The molecule has 2 heterocycles. The molecule has 0 saturated carbocycles. The summed E-state index contributed by atoms with van der Waals surface area (Å²) in [7, 11) is 0. The first-order valence-electron chi connectivity index (χ1n) is 8.15. The van der Waals surface area contributed by atoms with Crippen molar-refractivity contribution in [1.82, 2.24) is 9.97 Å². The Labute approximate surface area is 140 Å². The number of nitrogens with one attached hydrogen (secondary N) is 1. The predicted molar refractivity (Wildman–Crippen MR) is 94.0 cm³/mol. The Morgan fingerprint density at radius 2 is 1.79 bits per heavy atom. The summed E-state index contributed by atoms with van der Waals surface area (Å²) in [5, 5.41) is 4.42. The van der Waals surface area contributed by atoms with Gasteiger partial charge in [-0.15, -0.1) is 0 Å². The van der Waals surface area contributed by atoms with Crippen LogP contribution in [-0.4, -0.2) is 42.4 Å². The molecule has 0 spiro atoms. The summed E-state index contributed by atoms with van der Waals surface area (Å²) >= 11 is 0. The van der Waals surface area contributed by atoms with Gasteiger partial charge in [0.2, 0.25) is 0 Å². The van der Waals surface area contributed by atoms with Crippen molar-refractivity contribution in [2.45, 2.75) is 6.10 Å². The average Bonchev–Trinajstić information content (AvgIpc) is 2.67. The fraction of sp³-hybridized carbons (Fsp3) is 0.263. The second kappa shape index (κ2) is 6.95. The number of para-hydroxylation sites is 1. The van der Waals surface area contributed by atoms with E-state index in [1.807, 2.05) is 54.6 Å². The van der Waals surface area contributed by atoms with E-state index in [1.54, 1.807) is 0 Å². The monoisotopic (exact) mass is 321 g/mol. The molecular formula is C19H19N3O2. The first-order chi connectivity index (χ1) is 11.9. The van der Waals surface area contributed by atoms with Crippen molar-refractivity contribution in [3.05, 3.63) is 54.6 Å².